The summed E-state index contributed by atoms with van der Waals surface area (Å²) in [5.74, 6) is -1.73. The maximum atomic E-state index is 12.8. The number of hydrogen-bond donors (Lipinski definition) is 2. The zero-order chi connectivity index (χ0) is 22.8. The number of primary amides is 1. The van der Waals surface area contributed by atoms with Gasteiger partial charge < -0.3 is 11.1 Å². The van der Waals surface area contributed by atoms with Crippen LogP contribution < -0.4 is 11.1 Å². The Morgan fingerprint density at radius 2 is 1.62 bits per heavy atom. The molecule has 0 aromatic heterocycles. The highest BCUT2D eigenvalue weighted by Gasteiger charge is 2.35. The van der Waals surface area contributed by atoms with E-state index in [1.54, 1.807) is 25.1 Å². The van der Waals surface area contributed by atoms with Gasteiger partial charge in [0.1, 0.15) is 0 Å². The van der Waals surface area contributed by atoms with Gasteiger partial charge in [0.2, 0.25) is 5.91 Å². The molecular formula is C25H21N3O4. The van der Waals surface area contributed by atoms with Gasteiger partial charge in [0, 0.05) is 23.4 Å². The summed E-state index contributed by atoms with van der Waals surface area (Å²) in [5, 5.41) is 2.74. The molecule has 32 heavy (non-hydrogen) atoms. The Hall–Kier alpha value is -4.26. The number of anilines is 1. The lowest BCUT2D eigenvalue weighted by atomic mass is 10.0. The minimum absolute atomic E-state index is 0.218. The van der Waals surface area contributed by atoms with Crippen LogP contribution in [0.1, 0.15) is 52.6 Å². The van der Waals surface area contributed by atoms with Crippen molar-refractivity contribution in [2.45, 2.75) is 13.3 Å². The summed E-state index contributed by atoms with van der Waals surface area (Å²) in [5.41, 5.74) is 8.61. The van der Waals surface area contributed by atoms with Gasteiger partial charge in [-0.25, -0.2) is 0 Å². The molecule has 160 valence electrons. The smallest absolute Gasteiger partial charge is 0.261 e. The quantitative estimate of drug-likeness (QED) is 0.589. The van der Waals surface area contributed by atoms with Gasteiger partial charge in [-0.2, -0.15) is 0 Å². The molecule has 7 heteroatoms. The Kier molecular flexibility index (Phi) is 5.55. The second kappa shape index (κ2) is 8.47. The second-order valence-corrected chi connectivity index (χ2v) is 7.61. The normalized spacial score (nSPS) is 12.6. The van der Waals surface area contributed by atoms with E-state index in [4.69, 9.17) is 5.73 Å². The fourth-order valence-electron chi connectivity index (χ4n) is 3.74. The topological polar surface area (TPSA) is 110 Å². The SMILES string of the molecule is Cc1cc(NC(=O)c2ccc3c(c2)C(=O)N(CCc2ccccc2)C3=O)ccc1C(N)=O. The van der Waals surface area contributed by atoms with E-state index < -0.39 is 17.7 Å². The van der Waals surface area contributed by atoms with Gasteiger partial charge in [-0.3, -0.25) is 24.1 Å². The Morgan fingerprint density at radius 3 is 2.31 bits per heavy atom. The van der Waals surface area contributed by atoms with Crippen LogP contribution in [0.15, 0.2) is 66.7 Å². The molecule has 0 aliphatic carbocycles. The van der Waals surface area contributed by atoms with Gasteiger partial charge in [-0.1, -0.05) is 30.3 Å². The van der Waals surface area contributed by atoms with Crippen LogP contribution in [0.5, 0.6) is 0 Å². The van der Waals surface area contributed by atoms with Gasteiger partial charge in [0.05, 0.1) is 11.1 Å². The second-order valence-electron chi connectivity index (χ2n) is 7.61. The molecule has 0 bridgehead atoms. The fraction of sp³-hybridized carbons (Fsp3) is 0.120. The van der Waals surface area contributed by atoms with Crippen molar-refractivity contribution in [3.63, 3.8) is 0 Å². The summed E-state index contributed by atoms with van der Waals surface area (Å²) in [6, 6.07) is 18.8. The minimum atomic E-state index is -0.543. The molecule has 1 aliphatic heterocycles. The zero-order valence-electron chi connectivity index (χ0n) is 17.4. The molecule has 0 saturated heterocycles. The van der Waals surface area contributed by atoms with Crippen molar-refractivity contribution in [1.82, 2.24) is 4.90 Å². The summed E-state index contributed by atoms with van der Waals surface area (Å²) in [6.45, 7) is 1.99. The molecule has 3 aromatic carbocycles. The first-order valence-electron chi connectivity index (χ1n) is 10.1. The lowest BCUT2D eigenvalue weighted by molar-refractivity contribution is 0.0655. The molecule has 1 heterocycles. The summed E-state index contributed by atoms with van der Waals surface area (Å²) in [6.07, 6.45) is 0.556. The van der Waals surface area contributed by atoms with Crippen LogP contribution in [0.3, 0.4) is 0 Å². The Bertz CT molecular complexity index is 1250. The lowest BCUT2D eigenvalue weighted by Gasteiger charge is -2.13. The average Bonchev–Trinajstić information content (AvgIpc) is 3.02. The van der Waals surface area contributed by atoms with Crippen LogP contribution in [0, 0.1) is 6.92 Å². The van der Waals surface area contributed by atoms with Crippen molar-refractivity contribution < 1.29 is 19.2 Å². The number of imide groups is 1. The molecule has 7 nitrogen and oxygen atoms in total. The maximum absolute atomic E-state index is 12.8. The third kappa shape index (κ3) is 4.00. The minimum Gasteiger partial charge on any atom is -0.366 e. The van der Waals surface area contributed by atoms with E-state index in [0.29, 0.717) is 28.8 Å². The number of fused-ring (bicyclic) bond motifs is 1. The van der Waals surface area contributed by atoms with Crippen molar-refractivity contribution in [2.24, 2.45) is 5.73 Å². The molecule has 0 unspecified atom stereocenters. The van der Waals surface area contributed by atoms with Crippen molar-refractivity contribution >= 4 is 29.3 Å². The van der Waals surface area contributed by atoms with Crippen molar-refractivity contribution in [1.29, 1.82) is 0 Å². The third-order valence-electron chi connectivity index (χ3n) is 5.45. The van der Waals surface area contributed by atoms with E-state index in [1.807, 2.05) is 30.3 Å². The largest absolute Gasteiger partial charge is 0.366 e. The number of benzene rings is 3. The average molecular weight is 427 g/mol. The lowest BCUT2D eigenvalue weighted by Crippen LogP contribution is -2.31. The zero-order valence-corrected chi connectivity index (χ0v) is 17.4. The van der Waals surface area contributed by atoms with Crippen LogP contribution in [0.25, 0.3) is 0 Å². The van der Waals surface area contributed by atoms with Gasteiger partial charge in [0.15, 0.2) is 0 Å². The number of nitrogens with one attached hydrogen (secondary N) is 1. The van der Waals surface area contributed by atoms with Crippen molar-refractivity contribution in [2.75, 3.05) is 11.9 Å². The summed E-state index contributed by atoms with van der Waals surface area (Å²) in [4.78, 5) is 50.8. The van der Waals surface area contributed by atoms with Gasteiger partial charge in [0.25, 0.3) is 17.7 Å². The predicted octanol–water partition coefficient (Wildman–Crippen LogP) is 3.18. The number of amides is 4. The van der Waals surface area contributed by atoms with E-state index in [9.17, 15) is 19.2 Å². The Balaban J connectivity index is 1.50. The first-order valence-corrected chi connectivity index (χ1v) is 10.1. The first kappa shape index (κ1) is 21.0. The maximum Gasteiger partial charge on any atom is 0.261 e. The van der Waals surface area contributed by atoms with Crippen molar-refractivity contribution in [3.05, 3.63) is 100 Å². The van der Waals surface area contributed by atoms with Gasteiger partial charge >= 0.3 is 0 Å². The standard InChI is InChI=1S/C25H21N3O4/c1-15-13-18(8-10-19(15)22(26)29)27-23(30)17-7-9-20-21(14-17)25(32)28(24(20)31)12-11-16-5-3-2-4-6-16/h2-10,13-14H,11-12H2,1H3,(H2,26,29)(H,27,30). The molecule has 4 amide bonds. The van der Waals surface area contributed by atoms with E-state index in [0.717, 1.165) is 5.56 Å². The highest BCUT2D eigenvalue weighted by molar-refractivity contribution is 6.22. The molecule has 0 fully saturated rings. The number of nitrogens with two attached hydrogens (primary N) is 1. The van der Waals surface area contributed by atoms with Crippen molar-refractivity contribution in [3.8, 4) is 0 Å². The van der Waals surface area contributed by atoms with Crippen LogP contribution in [0.2, 0.25) is 0 Å². The van der Waals surface area contributed by atoms with E-state index in [1.165, 1.54) is 23.1 Å². The van der Waals surface area contributed by atoms with E-state index in [2.05, 4.69) is 5.32 Å². The first-order chi connectivity index (χ1) is 15.3. The molecule has 4 rings (SSSR count). The number of hydrogen-bond acceptors (Lipinski definition) is 4. The number of nitrogens with zero attached hydrogens (tertiary/aromatic N) is 1. The third-order valence-corrected chi connectivity index (χ3v) is 5.45. The molecule has 0 spiro atoms. The summed E-state index contributed by atoms with van der Waals surface area (Å²) >= 11 is 0. The van der Waals surface area contributed by atoms with Crippen LogP contribution in [-0.4, -0.2) is 35.1 Å². The van der Waals surface area contributed by atoms with Gasteiger partial charge in [-0.05, 0) is 60.9 Å². The Morgan fingerprint density at radius 1 is 0.906 bits per heavy atom. The molecule has 3 aromatic rings. The number of rotatable bonds is 6. The fourth-order valence-corrected chi connectivity index (χ4v) is 3.74. The van der Waals surface area contributed by atoms with Crippen LogP contribution in [0.4, 0.5) is 5.69 Å². The Labute approximate surface area is 184 Å². The van der Waals surface area contributed by atoms with Gasteiger partial charge in [-0.15, -0.1) is 0 Å². The number of aryl methyl sites for hydroxylation is 1. The number of carbonyl (C=O) groups excluding carboxylic acids is 4. The summed E-state index contributed by atoms with van der Waals surface area (Å²) in [7, 11) is 0. The highest BCUT2D eigenvalue weighted by Crippen LogP contribution is 2.25. The predicted molar refractivity (Wildman–Crippen MR) is 120 cm³/mol. The number of carbonyl (C=O) groups is 4. The highest BCUT2D eigenvalue weighted by atomic mass is 16.2. The molecule has 1 aliphatic rings. The molecule has 0 radical (unpaired) electrons. The van der Waals surface area contributed by atoms with Crippen LogP contribution in [-0.2, 0) is 6.42 Å². The molecule has 0 atom stereocenters. The molecular weight excluding hydrogens is 406 g/mol. The van der Waals surface area contributed by atoms with E-state index in [-0.39, 0.29) is 23.6 Å². The molecule has 3 N–H and O–H groups in total. The molecule has 0 saturated carbocycles. The summed E-state index contributed by atoms with van der Waals surface area (Å²) < 4.78 is 0. The van der Waals surface area contributed by atoms with E-state index >= 15 is 0 Å². The monoisotopic (exact) mass is 427 g/mol. The van der Waals surface area contributed by atoms with Crippen LogP contribution >= 0.6 is 0 Å².